The van der Waals surface area contributed by atoms with Crippen molar-refractivity contribution in [3.8, 4) is 0 Å². The third kappa shape index (κ3) is 4.69. The van der Waals surface area contributed by atoms with E-state index in [0.29, 0.717) is 24.7 Å². The zero-order chi connectivity index (χ0) is 18.5. The van der Waals surface area contributed by atoms with E-state index in [1.165, 1.54) is 0 Å². The average Bonchev–Trinajstić information content (AvgIpc) is 3.23. The summed E-state index contributed by atoms with van der Waals surface area (Å²) in [6.07, 6.45) is 4.78. The Labute approximate surface area is 155 Å². The van der Waals surface area contributed by atoms with E-state index < -0.39 is 0 Å². The van der Waals surface area contributed by atoms with Gasteiger partial charge in [-0.25, -0.2) is 0 Å². The van der Waals surface area contributed by atoms with E-state index in [2.05, 4.69) is 23.9 Å². The first-order valence-corrected chi connectivity index (χ1v) is 9.36. The minimum Gasteiger partial charge on any atom is -0.376 e. The second kappa shape index (κ2) is 8.45. The lowest BCUT2D eigenvalue weighted by atomic mass is 10.1. The number of hydrogen-bond acceptors (Lipinski definition) is 4. The van der Waals surface area contributed by atoms with E-state index in [0.717, 1.165) is 37.3 Å². The molecule has 2 aromatic heterocycles. The van der Waals surface area contributed by atoms with E-state index >= 15 is 0 Å². The Morgan fingerprint density at radius 3 is 2.88 bits per heavy atom. The molecule has 6 heteroatoms. The third-order valence-electron chi connectivity index (χ3n) is 4.58. The van der Waals surface area contributed by atoms with Gasteiger partial charge in [-0.05, 0) is 43.4 Å². The van der Waals surface area contributed by atoms with Crippen molar-refractivity contribution in [2.75, 3.05) is 13.2 Å². The molecule has 6 nitrogen and oxygen atoms in total. The van der Waals surface area contributed by atoms with Crippen LogP contribution < -0.4 is 0 Å². The summed E-state index contributed by atoms with van der Waals surface area (Å²) in [4.78, 5) is 19.5. The van der Waals surface area contributed by atoms with Crippen LogP contribution in [0.2, 0.25) is 0 Å². The SMILES string of the molecule is CC(C)Cc1cc(C(=O)N(Cc2ccccn2)CC2CCCO2)n(C)n1. The van der Waals surface area contributed by atoms with Gasteiger partial charge in [-0.2, -0.15) is 5.10 Å². The van der Waals surface area contributed by atoms with Crippen LogP contribution in [0.3, 0.4) is 0 Å². The topological polar surface area (TPSA) is 60.3 Å². The van der Waals surface area contributed by atoms with Crippen molar-refractivity contribution in [2.45, 2.75) is 45.8 Å². The fourth-order valence-corrected chi connectivity index (χ4v) is 3.35. The molecule has 0 spiro atoms. The third-order valence-corrected chi connectivity index (χ3v) is 4.58. The van der Waals surface area contributed by atoms with Gasteiger partial charge in [0.15, 0.2) is 0 Å². The summed E-state index contributed by atoms with van der Waals surface area (Å²) in [5, 5.41) is 4.52. The lowest BCUT2D eigenvalue weighted by molar-refractivity contribution is 0.0496. The van der Waals surface area contributed by atoms with Crippen molar-refractivity contribution in [2.24, 2.45) is 13.0 Å². The lowest BCUT2D eigenvalue weighted by Gasteiger charge is -2.25. The van der Waals surface area contributed by atoms with E-state index in [4.69, 9.17) is 4.74 Å². The van der Waals surface area contributed by atoms with Gasteiger partial charge >= 0.3 is 0 Å². The summed E-state index contributed by atoms with van der Waals surface area (Å²) in [6.45, 7) is 6.15. The van der Waals surface area contributed by atoms with Gasteiger partial charge in [-0.1, -0.05) is 19.9 Å². The molecule has 1 unspecified atom stereocenters. The number of carbonyl (C=O) groups excluding carboxylic acids is 1. The normalized spacial score (nSPS) is 17.0. The van der Waals surface area contributed by atoms with Gasteiger partial charge in [0.1, 0.15) is 5.69 Å². The molecule has 1 aliphatic heterocycles. The maximum absolute atomic E-state index is 13.2. The van der Waals surface area contributed by atoms with Crippen LogP contribution in [0.4, 0.5) is 0 Å². The molecule has 1 saturated heterocycles. The van der Waals surface area contributed by atoms with E-state index in [1.54, 1.807) is 10.9 Å². The molecule has 3 heterocycles. The van der Waals surface area contributed by atoms with E-state index in [9.17, 15) is 4.79 Å². The smallest absolute Gasteiger partial charge is 0.272 e. The maximum Gasteiger partial charge on any atom is 0.272 e. The number of ether oxygens (including phenoxy) is 1. The van der Waals surface area contributed by atoms with Gasteiger partial charge in [0, 0.05) is 26.4 Å². The molecular formula is C20H28N4O2. The van der Waals surface area contributed by atoms with Gasteiger partial charge in [0.05, 0.1) is 24.0 Å². The largest absolute Gasteiger partial charge is 0.376 e. The Morgan fingerprint density at radius 2 is 2.23 bits per heavy atom. The van der Waals surface area contributed by atoms with Crippen molar-refractivity contribution < 1.29 is 9.53 Å². The van der Waals surface area contributed by atoms with Crippen LogP contribution in [-0.4, -0.2) is 44.8 Å². The molecule has 0 N–H and O–H groups in total. The zero-order valence-corrected chi connectivity index (χ0v) is 15.9. The van der Waals surface area contributed by atoms with Gasteiger partial charge in [0.25, 0.3) is 5.91 Å². The van der Waals surface area contributed by atoms with Gasteiger partial charge < -0.3 is 9.64 Å². The number of carbonyl (C=O) groups is 1. The van der Waals surface area contributed by atoms with Gasteiger partial charge in [-0.15, -0.1) is 0 Å². The van der Waals surface area contributed by atoms with Crippen LogP contribution in [0.15, 0.2) is 30.5 Å². The highest BCUT2D eigenvalue weighted by Gasteiger charge is 2.26. The van der Waals surface area contributed by atoms with Gasteiger partial charge in [0.2, 0.25) is 0 Å². The molecule has 3 rings (SSSR count). The predicted molar refractivity (Wildman–Crippen MR) is 99.7 cm³/mol. The molecule has 0 saturated carbocycles. The van der Waals surface area contributed by atoms with Crippen molar-refractivity contribution in [3.05, 3.63) is 47.5 Å². The molecular weight excluding hydrogens is 328 g/mol. The fraction of sp³-hybridized carbons (Fsp3) is 0.550. The predicted octanol–water partition coefficient (Wildman–Crippen LogP) is 2.84. The number of aryl methyl sites for hydroxylation is 1. The number of amides is 1. The Morgan fingerprint density at radius 1 is 1.38 bits per heavy atom. The van der Waals surface area contributed by atoms with Crippen molar-refractivity contribution in [1.29, 1.82) is 0 Å². The van der Waals surface area contributed by atoms with Crippen LogP contribution >= 0.6 is 0 Å². The first-order valence-electron chi connectivity index (χ1n) is 9.36. The van der Waals surface area contributed by atoms with Crippen molar-refractivity contribution in [3.63, 3.8) is 0 Å². The second-order valence-corrected chi connectivity index (χ2v) is 7.38. The summed E-state index contributed by atoms with van der Waals surface area (Å²) in [7, 11) is 1.84. The number of aromatic nitrogens is 3. The van der Waals surface area contributed by atoms with Crippen LogP contribution in [-0.2, 0) is 24.8 Å². The fourth-order valence-electron chi connectivity index (χ4n) is 3.35. The van der Waals surface area contributed by atoms with Crippen LogP contribution in [0, 0.1) is 5.92 Å². The van der Waals surface area contributed by atoms with E-state index in [-0.39, 0.29) is 12.0 Å². The summed E-state index contributed by atoms with van der Waals surface area (Å²) < 4.78 is 7.45. The summed E-state index contributed by atoms with van der Waals surface area (Å²) in [5.41, 5.74) is 2.46. The maximum atomic E-state index is 13.2. The highest BCUT2D eigenvalue weighted by atomic mass is 16.5. The number of pyridine rings is 1. The second-order valence-electron chi connectivity index (χ2n) is 7.38. The molecule has 1 atom stereocenters. The monoisotopic (exact) mass is 356 g/mol. The summed E-state index contributed by atoms with van der Waals surface area (Å²) >= 11 is 0. The minimum absolute atomic E-state index is 0.0174. The summed E-state index contributed by atoms with van der Waals surface area (Å²) in [5.74, 6) is 0.487. The summed E-state index contributed by atoms with van der Waals surface area (Å²) in [6, 6.07) is 7.70. The number of hydrogen-bond donors (Lipinski definition) is 0. The Hall–Kier alpha value is -2.21. The molecule has 0 radical (unpaired) electrons. The highest BCUT2D eigenvalue weighted by Crippen LogP contribution is 2.18. The van der Waals surface area contributed by atoms with Crippen molar-refractivity contribution in [1.82, 2.24) is 19.7 Å². The lowest BCUT2D eigenvalue weighted by Crippen LogP contribution is -2.38. The first kappa shape index (κ1) is 18.6. The Kier molecular flexibility index (Phi) is 6.04. The minimum atomic E-state index is -0.0174. The number of nitrogens with zero attached hydrogens (tertiary/aromatic N) is 4. The van der Waals surface area contributed by atoms with Crippen molar-refractivity contribution >= 4 is 5.91 Å². The Balaban J connectivity index is 1.80. The molecule has 1 amide bonds. The van der Waals surface area contributed by atoms with Crippen LogP contribution in [0.1, 0.15) is 48.6 Å². The molecule has 0 aliphatic carbocycles. The zero-order valence-electron chi connectivity index (χ0n) is 15.9. The highest BCUT2D eigenvalue weighted by molar-refractivity contribution is 5.92. The number of rotatable bonds is 7. The van der Waals surface area contributed by atoms with Crippen LogP contribution in [0.5, 0.6) is 0 Å². The molecule has 140 valence electrons. The Bertz CT molecular complexity index is 721. The van der Waals surface area contributed by atoms with Crippen LogP contribution in [0.25, 0.3) is 0 Å². The van der Waals surface area contributed by atoms with E-state index in [1.807, 2.05) is 36.2 Å². The molecule has 26 heavy (non-hydrogen) atoms. The molecule has 0 bridgehead atoms. The average molecular weight is 356 g/mol. The molecule has 0 aromatic carbocycles. The van der Waals surface area contributed by atoms with Gasteiger partial charge in [-0.3, -0.25) is 14.5 Å². The standard InChI is InChI=1S/C20H28N4O2/c1-15(2)11-17-12-19(23(3)22-17)20(25)24(14-18-8-6-10-26-18)13-16-7-4-5-9-21-16/h4-5,7,9,12,15,18H,6,8,10-11,13-14H2,1-3H3. The molecule has 2 aromatic rings. The molecule has 1 aliphatic rings. The quantitative estimate of drug-likeness (QED) is 0.765. The first-order chi connectivity index (χ1) is 12.5. The molecule has 1 fully saturated rings.